The Labute approximate surface area is 58.0 Å². The molecule has 0 aromatic carbocycles. The van der Waals surface area contributed by atoms with Crippen LogP contribution in [-0.2, 0) is 0 Å². The molecule has 9 heavy (non-hydrogen) atoms. The third-order valence-electron chi connectivity index (χ3n) is 1.44. The van der Waals surface area contributed by atoms with Crippen LogP contribution in [0.15, 0.2) is 0 Å². The minimum Gasteiger partial charge on any atom is -0.320 e. The number of hydrogen-bond acceptors (Lipinski definition) is 2. The Hall–Kier alpha value is -0.0800. The topological polar surface area (TPSA) is 24.1 Å². The van der Waals surface area contributed by atoms with Gasteiger partial charge in [0.15, 0.2) is 0 Å². The van der Waals surface area contributed by atoms with Gasteiger partial charge in [0, 0.05) is 0 Å². The van der Waals surface area contributed by atoms with Gasteiger partial charge in [-0.3, -0.25) is 0 Å². The highest BCUT2D eigenvalue weighted by Crippen LogP contribution is 1.96. The van der Waals surface area contributed by atoms with Gasteiger partial charge >= 0.3 is 0 Å². The summed E-state index contributed by atoms with van der Waals surface area (Å²) in [6, 6.07) is 0. The van der Waals surface area contributed by atoms with Crippen LogP contribution in [0.2, 0.25) is 0 Å². The monoisotopic (exact) mass is 130 g/mol. The minimum atomic E-state index is 0.794. The summed E-state index contributed by atoms with van der Waals surface area (Å²) in [6.07, 6.45) is 1.26. The Balaban J connectivity index is 2.95. The molecule has 0 spiro atoms. The summed E-state index contributed by atoms with van der Waals surface area (Å²) in [6.45, 7) is 4.51. The average molecular weight is 130 g/mol. The van der Waals surface area contributed by atoms with Crippen LogP contribution in [0.1, 0.15) is 13.3 Å². The summed E-state index contributed by atoms with van der Waals surface area (Å²) < 4.78 is 0. The second-order valence-electron chi connectivity index (χ2n) is 2.56. The van der Waals surface area contributed by atoms with Gasteiger partial charge in [-0.25, -0.2) is 0 Å². The van der Waals surface area contributed by atoms with Gasteiger partial charge in [-0.1, -0.05) is 6.92 Å². The highest BCUT2D eigenvalue weighted by atomic mass is 14.8. The lowest BCUT2D eigenvalue weighted by Crippen LogP contribution is -2.20. The molecule has 0 saturated heterocycles. The fraction of sp³-hybridized carbons (Fsp3) is 1.00. The molecule has 0 radical (unpaired) electrons. The SMILES string of the molecule is CNCC[C@@H](C)CNC. The molecule has 0 aliphatic rings. The van der Waals surface area contributed by atoms with Crippen LogP contribution in [0.5, 0.6) is 0 Å². The fourth-order valence-corrected chi connectivity index (χ4v) is 0.841. The smallest absolute Gasteiger partial charge is 0.00257 e. The zero-order chi connectivity index (χ0) is 7.11. The maximum atomic E-state index is 3.15. The second kappa shape index (κ2) is 6.05. The third-order valence-corrected chi connectivity index (χ3v) is 1.44. The Morgan fingerprint density at radius 1 is 1.22 bits per heavy atom. The summed E-state index contributed by atoms with van der Waals surface area (Å²) in [4.78, 5) is 0. The first-order valence-corrected chi connectivity index (χ1v) is 3.60. The van der Waals surface area contributed by atoms with E-state index in [2.05, 4.69) is 17.6 Å². The van der Waals surface area contributed by atoms with Gasteiger partial charge in [-0.05, 0) is 39.5 Å². The minimum absolute atomic E-state index is 0.794. The van der Waals surface area contributed by atoms with Crippen LogP contribution in [0.3, 0.4) is 0 Å². The number of hydrogen-bond donors (Lipinski definition) is 2. The van der Waals surface area contributed by atoms with Crippen molar-refractivity contribution >= 4 is 0 Å². The molecule has 0 heterocycles. The van der Waals surface area contributed by atoms with Gasteiger partial charge in [0.1, 0.15) is 0 Å². The van der Waals surface area contributed by atoms with E-state index in [0.717, 1.165) is 19.0 Å². The van der Waals surface area contributed by atoms with Crippen molar-refractivity contribution < 1.29 is 0 Å². The summed E-state index contributed by atoms with van der Waals surface area (Å²) in [5.74, 6) is 0.794. The van der Waals surface area contributed by atoms with Gasteiger partial charge in [0.2, 0.25) is 0 Å². The van der Waals surface area contributed by atoms with Crippen LogP contribution < -0.4 is 10.6 Å². The maximum absolute atomic E-state index is 3.15. The van der Waals surface area contributed by atoms with Gasteiger partial charge in [0.05, 0.1) is 0 Å². The molecule has 0 bridgehead atoms. The van der Waals surface area contributed by atoms with Crippen molar-refractivity contribution in [3.8, 4) is 0 Å². The molecule has 1 atom stereocenters. The average Bonchev–Trinajstić information content (AvgIpc) is 1.85. The quantitative estimate of drug-likeness (QED) is 0.564. The maximum Gasteiger partial charge on any atom is -0.00257 e. The largest absolute Gasteiger partial charge is 0.320 e. The van der Waals surface area contributed by atoms with Crippen molar-refractivity contribution in [2.45, 2.75) is 13.3 Å². The van der Waals surface area contributed by atoms with Crippen molar-refractivity contribution in [2.75, 3.05) is 27.2 Å². The molecule has 2 N–H and O–H groups in total. The van der Waals surface area contributed by atoms with E-state index in [-0.39, 0.29) is 0 Å². The Bertz CT molecular complexity index is 54.9. The van der Waals surface area contributed by atoms with E-state index in [1.807, 2.05) is 14.1 Å². The normalized spacial score (nSPS) is 13.7. The standard InChI is InChI=1S/C7H18N2/c1-7(6-9-3)4-5-8-2/h7-9H,4-6H2,1-3H3/t7-/m1/s1. The van der Waals surface area contributed by atoms with Gasteiger partial charge in [-0.2, -0.15) is 0 Å². The van der Waals surface area contributed by atoms with Crippen molar-refractivity contribution in [3.05, 3.63) is 0 Å². The lowest BCUT2D eigenvalue weighted by Gasteiger charge is -2.08. The molecule has 2 nitrogen and oxygen atoms in total. The Morgan fingerprint density at radius 3 is 2.33 bits per heavy atom. The highest BCUT2D eigenvalue weighted by Gasteiger charge is 1.96. The zero-order valence-electron chi connectivity index (χ0n) is 6.70. The molecule has 0 aromatic heterocycles. The van der Waals surface area contributed by atoms with Crippen LogP contribution in [-0.4, -0.2) is 27.2 Å². The molecule has 0 unspecified atom stereocenters. The highest BCUT2D eigenvalue weighted by molar-refractivity contribution is 4.55. The van der Waals surface area contributed by atoms with Crippen molar-refractivity contribution in [1.29, 1.82) is 0 Å². The second-order valence-corrected chi connectivity index (χ2v) is 2.56. The van der Waals surface area contributed by atoms with Crippen LogP contribution in [0, 0.1) is 5.92 Å². The predicted molar refractivity (Wildman–Crippen MR) is 41.6 cm³/mol. The fourth-order valence-electron chi connectivity index (χ4n) is 0.841. The predicted octanol–water partition coefficient (Wildman–Crippen LogP) is 0.451. The first-order chi connectivity index (χ1) is 4.31. The van der Waals surface area contributed by atoms with Gasteiger partial charge in [-0.15, -0.1) is 0 Å². The molecule has 56 valence electrons. The first kappa shape index (κ1) is 8.92. The Morgan fingerprint density at radius 2 is 1.89 bits per heavy atom. The molecule has 0 aliphatic heterocycles. The Kier molecular flexibility index (Phi) is 5.99. The van der Waals surface area contributed by atoms with Gasteiger partial charge in [0.25, 0.3) is 0 Å². The molecule has 0 amide bonds. The lowest BCUT2D eigenvalue weighted by atomic mass is 10.1. The van der Waals surface area contributed by atoms with Gasteiger partial charge < -0.3 is 10.6 Å². The van der Waals surface area contributed by atoms with E-state index in [4.69, 9.17) is 0 Å². The molecular formula is C7H18N2. The van der Waals surface area contributed by atoms with Crippen molar-refractivity contribution in [3.63, 3.8) is 0 Å². The van der Waals surface area contributed by atoms with Crippen LogP contribution in [0.4, 0.5) is 0 Å². The van der Waals surface area contributed by atoms with E-state index >= 15 is 0 Å². The molecule has 0 aliphatic carbocycles. The molecule has 0 rings (SSSR count). The zero-order valence-corrected chi connectivity index (χ0v) is 6.70. The number of rotatable bonds is 5. The third kappa shape index (κ3) is 5.80. The first-order valence-electron chi connectivity index (χ1n) is 3.60. The van der Waals surface area contributed by atoms with E-state index < -0.39 is 0 Å². The molecule has 0 saturated carbocycles. The molecule has 0 aromatic rings. The van der Waals surface area contributed by atoms with E-state index in [1.165, 1.54) is 6.42 Å². The summed E-state index contributed by atoms with van der Waals surface area (Å²) in [5.41, 5.74) is 0. The van der Waals surface area contributed by atoms with E-state index in [1.54, 1.807) is 0 Å². The van der Waals surface area contributed by atoms with Crippen LogP contribution >= 0.6 is 0 Å². The van der Waals surface area contributed by atoms with Crippen molar-refractivity contribution in [2.24, 2.45) is 5.92 Å². The molecule has 0 fully saturated rings. The van der Waals surface area contributed by atoms with Crippen molar-refractivity contribution in [1.82, 2.24) is 10.6 Å². The summed E-state index contributed by atoms with van der Waals surface area (Å²) >= 11 is 0. The van der Waals surface area contributed by atoms with Crippen LogP contribution in [0.25, 0.3) is 0 Å². The van der Waals surface area contributed by atoms with E-state index in [0.29, 0.717) is 0 Å². The molecular weight excluding hydrogens is 112 g/mol. The number of nitrogens with one attached hydrogen (secondary N) is 2. The molecule has 2 heteroatoms. The summed E-state index contributed by atoms with van der Waals surface area (Å²) in [7, 11) is 3.99. The lowest BCUT2D eigenvalue weighted by molar-refractivity contribution is 0.493. The summed E-state index contributed by atoms with van der Waals surface area (Å²) in [5, 5.41) is 6.28. The van der Waals surface area contributed by atoms with E-state index in [9.17, 15) is 0 Å².